The van der Waals surface area contributed by atoms with E-state index in [0.717, 1.165) is 12.8 Å². The quantitative estimate of drug-likeness (QED) is 0.640. The lowest BCUT2D eigenvalue weighted by molar-refractivity contribution is 0.0762. The van der Waals surface area contributed by atoms with Gasteiger partial charge in [-0.1, -0.05) is 19.4 Å². The third-order valence-electron chi connectivity index (χ3n) is 3.49. The first-order valence-electron chi connectivity index (χ1n) is 8.09. The Morgan fingerprint density at radius 3 is 2.40 bits per heavy atom. The van der Waals surface area contributed by atoms with E-state index in [1.165, 1.54) is 29.2 Å². The molecule has 0 aromatic heterocycles. The molecule has 0 aliphatic carbocycles. The third kappa shape index (κ3) is 6.54. The fourth-order valence-electron chi connectivity index (χ4n) is 2.13. The minimum absolute atomic E-state index is 0.0231. The van der Waals surface area contributed by atoms with E-state index in [1.54, 1.807) is 0 Å². The summed E-state index contributed by atoms with van der Waals surface area (Å²) in [5.74, 6) is -0.392. The maximum atomic E-state index is 12.6. The lowest BCUT2D eigenvalue weighted by atomic mass is 10.2. The third-order valence-corrected chi connectivity index (χ3v) is 4.95. The molecule has 0 bridgehead atoms. The molecule has 0 saturated carbocycles. The Morgan fingerprint density at radius 2 is 1.84 bits per heavy atom. The topological polar surface area (TPSA) is 114 Å². The summed E-state index contributed by atoms with van der Waals surface area (Å²) in [5, 5.41) is 17.4. The number of hydrogen-bond donors (Lipinski definition) is 1. The van der Waals surface area contributed by atoms with Gasteiger partial charge in [0.05, 0.1) is 29.9 Å². The highest BCUT2D eigenvalue weighted by molar-refractivity contribution is 7.89. The van der Waals surface area contributed by atoms with E-state index in [9.17, 15) is 13.2 Å². The molecule has 0 saturated heterocycles. The van der Waals surface area contributed by atoms with Crippen LogP contribution in [0, 0.1) is 22.7 Å². The molecule has 7 nitrogen and oxygen atoms in total. The minimum atomic E-state index is -3.67. The lowest BCUT2D eigenvalue weighted by Crippen LogP contribution is -2.33. The number of amides is 1. The summed E-state index contributed by atoms with van der Waals surface area (Å²) in [4.78, 5) is 14.0. The van der Waals surface area contributed by atoms with Crippen LogP contribution in [0.25, 0.3) is 0 Å². The minimum Gasteiger partial charge on any atom is -0.337 e. The van der Waals surface area contributed by atoms with Crippen molar-refractivity contribution in [3.05, 3.63) is 29.8 Å². The van der Waals surface area contributed by atoms with E-state index < -0.39 is 15.9 Å². The van der Waals surface area contributed by atoms with Crippen LogP contribution in [0.15, 0.2) is 29.2 Å². The molecule has 1 amide bonds. The van der Waals surface area contributed by atoms with Crippen LogP contribution in [-0.2, 0) is 10.0 Å². The highest BCUT2D eigenvalue weighted by Crippen LogP contribution is 2.14. The molecule has 1 rings (SSSR count). The highest BCUT2D eigenvalue weighted by atomic mass is 32.2. The molecule has 0 heterocycles. The van der Waals surface area contributed by atoms with Crippen LogP contribution in [0.1, 0.15) is 43.0 Å². The number of benzene rings is 1. The summed E-state index contributed by atoms with van der Waals surface area (Å²) in [6, 6.07) is 9.71. The SMILES string of the molecule is CCCCNS(=O)(=O)c1cccc(C(=O)N(CCC#N)CCC#N)c1. The second-order valence-electron chi connectivity index (χ2n) is 5.39. The van der Waals surface area contributed by atoms with Crippen LogP contribution in [0.2, 0.25) is 0 Å². The largest absolute Gasteiger partial charge is 0.337 e. The van der Waals surface area contributed by atoms with Crippen LogP contribution in [-0.4, -0.2) is 38.9 Å². The Labute approximate surface area is 148 Å². The van der Waals surface area contributed by atoms with Crippen molar-refractivity contribution in [1.29, 1.82) is 10.5 Å². The number of carbonyl (C=O) groups excluding carboxylic acids is 1. The number of sulfonamides is 1. The summed E-state index contributed by atoms with van der Waals surface area (Å²) in [7, 11) is -3.67. The summed E-state index contributed by atoms with van der Waals surface area (Å²) >= 11 is 0. The number of hydrogen-bond acceptors (Lipinski definition) is 5. The van der Waals surface area contributed by atoms with Gasteiger partial charge < -0.3 is 4.90 Å². The van der Waals surface area contributed by atoms with E-state index >= 15 is 0 Å². The number of rotatable bonds is 10. The molecule has 0 fully saturated rings. The molecule has 1 aromatic rings. The molecule has 25 heavy (non-hydrogen) atoms. The average molecular weight is 362 g/mol. The van der Waals surface area contributed by atoms with Gasteiger partial charge in [0.15, 0.2) is 0 Å². The Kier molecular flexibility index (Phi) is 8.62. The summed E-state index contributed by atoms with van der Waals surface area (Å²) in [5.41, 5.74) is 0.217. The molecule has 0 aliphatic rings. The highest BCUT2D eigenvalue weighted by Gasteiger charge is 2.19. The molecule has 134 valence electrons. The first-order chi connectivity index (χ1) is 12.0. The van der Waals surface area contributed by atoms with E-state index in [1.807, 2.05) is 19.1 Å². The maximum Gasteiger partial charge on any atom is 0.253 e. The zero-order chi connectivity index (χ0) is 18.7. The first kappa shape index (κ1) is 20.6. The number of nitrogens with zero attached hydrogens (tertiary/aromatic N) is 3. The molecule has 0 unspecified atom stereocenters. The monoisotopic (exact) mass is 362 g/mol. The van der Waals surface area contributed by atoms with E-state index in [2.05, 4.69) is 4.72 Å². The van der Waals surface area contributed by atoms with E-state index in [4.69, 9.17) is 10.5 Å². The van der Waals surface area contributed by atoms with Gasteiger partial charge in [-0.25, -0.2) is 13.1 Å². The smallest absolute Gasteiger partial charge is 0.253 e. The van der Waals surface area contributed by atoms with Crippen LogP contribution < -0.4 is 4.72 Å². The zero-order valence-corrected chi connectivity index (χ0v) is 15.1. The second kappa shape index (κ2) is 10.4. The van der Waals surface area contributed by atoms with Crippen molar-refractivity contribution < 1.29 is 13.2 Å². The molecule has 0 aliphatic heterocycles. The van der Waals surface area contributed by atoms with Gasteiger partial charge in [0.25, 0.3) is 5.91 Å². The number of nitriles is 2. The zero-order valence-electron chi connectivity index (χ0n) is 14.2. The first-order valence-corrected chi connectivity index (χ1v) is 9.57. The maximum absolute atomic E-state index is 12.6. The van der Waals surface area contributed by atoms with Crippen molar-refractivity contribution in [2.45, 2.75) is 37.5 Å². The molecule has 1 aromatic carbocycles. The van der Waals surface area contributed by atoms with Crippen molar-refractivity contribution in [3.8, 4) is 12.1 Å². The van der Waals surface area contributed by atoms with Gasteiger partial charge in [0.1, 0.15) is 0 Å². The van der Waals surface area contributed by atoms with Crippen LogP contribution in [0.3, 0.4) is 0 Å². The van der Waals surface area contributed by atoms with Gasteiger partial charge in [-0.2, -0.15) is 10.5 Å². The second-order valence-corrected chi connectivity index (χ2v) is 7.15. The van der Waals surface area contributed by atoms with Gasteiger partial charge in [-0.15, -0.1) is 0 Å². The summed E-state index contributed by atoms with van der Waals surface area (Å²) in [6.07, 6.45) is 1.89. The molecule has 8 heteroatoms. The van der Waals surface area contributed by atoms with E-state index in [-0.39, 0.29) is 36.4 Å². The van der Waals surface area contributed by atoms with Gasteiger partial charge in [0, 0.05) is 25.2 Å². The Balaban J connectivity index is 2.99. The fourth-order valence-corrected chi connectivity index (χ4v) is 3.25. The van der Waals surface area contributed by atoms with Gasteiger partial charge in [-0.3, -0.25) is 4.79 Å². The van der Waals surface area contributed by atoms with Gasteiger partial charge in [-0.05, 0) is 24.6 Å². The van der Waals surface area contributed by atoms with Crippen molar-refractivity contribution in [1.82, 2.24) is 9.62 Å². The van der Waals surface area contributed by atoms with Crippen LogP contribution >= 0.6 is 0 Å². The molecular formula is C17H22N4O3S. The fraction of sp³-hybridized carbons (Fsp3) is 0.471. The average Bonchev–Trinajstić information content (AvgIpc) is 2.61. The predicted molar refractivity (Wildman–Crippen MR) is 92.9 cm³/mol. The number of unbranched alkanes of at least 4 members (excludes halogenated alkanes) is 1. The molecule has 1 N–H and O–H groups in total. The summed E-state index contributed by atoms with van der Waals surface area (Å²) < 4.78 is 27.0. The van der Waals surface area contributed by atoms with Gasteiger partial charge in [0.2, 0.25) is 10.0 Å². The van der Waals surface area contributed by atoms with Crippen LogP contribution in [0.5, 0.6) is 0 Å². The van der Waals surface area contributed by atoms with Crippen molar-refractivity contribution in [3.63, 3.8) is 0 Å². The van der Waals surface area contributed by atoms with E-state index in [0.29, 0.717) is 6.54 Å². The predicted octanol–water partition coefficient (Wildman–Crippen LogP) is 2.03. The normalized spacial score (nSPS) is 10.7. The van der Waals surface area contributed by atoms with Crippen molar-refractivity contribution in [2.24, 2.45) is 0 Å². The molecule has 0 radical (unpaired) electrons. The summed E-state index contributed by atoms with van der Waals surface area (Å²) in [6.45, 7) is 2.70. The van der Waals surface area contributed by atoms with Gasteiger partial charge >= 0.3 is 0 Å². The standard InChI is InChI=1S/C17H22N4O3S/c1-2-3-11-20-25(23,24)16-8-4-7-15(14-16)17(22)21(12-5-9-18)13-6-10-19/h4,7-8,14,20H,2-3,5-6,11-13H2,1H3. The van der Waals surface area contributed by atoms with Crippen molar-refractivity contribution in [2.75, 3.05) is 19.6 Å². The molecular weight excluding hydrogens is 340 g/mol. The molecule has 0 spiro atoms. The molecule has 0 atom stereocenters. The number of carbonyl (C=O) groups is 1. The Hall–Kier alpha value is -2.42. The lowest BCUT2D eigenvalue weighted by Gasteiger charge is -2.20. The van der Waals surface area contributed by atoms with Crippen LogP contribution in [0.4, 0.5) is 0 Å². The number of nitrogens with one attached hydrogen (secondary N) is 1. The van der Waals surface area contributed by atoms with Crippen molar-refractivity contribution >= 4 is 15.9 Å². The Bertz CT molecular complexity index is 745. The Morgan fingerprint density at radius 1 is 1.20 bits per heavy atom.